The number of alkyl halides is 1. The number of amides is 1. The highest BCUT2D eigenvalue weighted by molar-refractivity contribution is 9.10. The fourth-order valence-electron chi connectivity index (χ4n) is 5.46. The maximum Gasteiger partial charge on any atom is 0.306 e. The molecule has 0 heterocycles. The molecule has 0 unspecified atom stereocenters. The largest absolute Gasteiger partial charge is 0.456 e. The van der Waals surface area contributed by atoms with Gasteiger partial charge in [0.25, 0.3) is 5.91 Å². The van der Waals surface area contributed by atoms with Crippen LogP contribution in [0.25, 0.3) is 0 Å². The molecule has 4 bridgehead atoms. The highest BCUT2D eigenvalue weighted by Crippen LogP contribution is 2.65. The molecular weight excluding hydrogens is 358 g/mol. The van der Waals surface area contributed by atoms with Crippen molar-refractivity contribution in [2.45, 2.75) is 75.6 Å². The molecular formula is C18H28BrNO3. The van der Waals surface area contributed by atoms with Gasteiger partial charge in [0.2, 0.25) is 0 Å². The summed E-state index contributed by atoms with van der Waals surface area (Å²) < 4.78 is 5.51. The molecule has 4 saturated carbocycles. The summed E-state index contributed by atoms with van der Waals surface area (Å²) >= 11 is 3.96. The number of esters is 1. The Bertz CT molecular complexity index is 479. The van der Waals surface area contributed by atoms with Gasteiger partial charge in [0, 0.05) is 10.4 Å². The van der Waals surface area contributed by atoms with Gasteiger partial charge >= 0.3 is 5.97 Å². The van der Waals surface area contributed by atoms with Crippen LogP contribution in [0.5, 0.6) is 0 Å². The Morgan fingerprint density at radius 1 is 1.26 bits per heavy atom. The van der Waals surface area contributed by atoms with Crippen LogP contribution in [-0.2, 0) is 14.3 Å². The number of ether oxygens (including phenoxy) is 1. The van der Waals surface area contributed by atoms with Crippen molar-refractivity contribution in [1.29, 1.82) is 0 Å². The van der Waals surface area contributed by atoms with Crippen molar-refractivity contribution in [3.05, 3.63) is 0 Å². The number of carbonyl (C=O) groups excluding carboxylic acids is 2. The average molecular weight is 386 g/mol. The van der Waals surface area contributed by atoms with E-state index in [4.69, 9.17) is 4.74 Å². The molecule has 0 aromatic carbocycles. The maximum atomic E-state index is 12.3. The molecule has 130 valence electrons. The van der Waals surface area contributed by atoms with E-state index >= 15 is 0 Å². The highest BCUT2D eigenvalue weighted by Gasteiger charge is 2.57. The number of rotatable bonds is 6. The minimum atomic E-state index is -0.206. The first-order valence-electron chi connectivity index (χ1n) is 8.95. The number of nitrogens with one attached hydrogen (secondary N) is 1. The van der Waals surface area contributed by atoms with Crippen molar-refractivity contribution >= 4 is 27.8 Å². The Hall–Kier alpha value is -0.580. The molecule has 0 radical (unpaired) electrons. The van der Waals surface area contributed by atoms with E-state index in [0.29, 0.717) is 6.42 Å². The summed E-state index contributed by atoms with van der Waals surface area (Å²) in [5.74, 6) is 1.12. The molecule has 1 N–H and O–H groups in total. The van der Waals surface area contributed by atoms with E-state index in [0.717, 1.165) is 37.5 Å². The van der Waals surface area contributed by atoms with Gasteiger partial charge in [-0.15, -0.1) is 0 Å². The Morgan fingerprint density at radius 2 is 1.91 bits per heavy atom. The Labute approximate surface area is 147 Å². The zero-order valence-corrected chi connectivity index (χ0v) is 15.8. The molecule has 0 spiro atoms. The smallest absolute Gasteiger partial charge is 0.306 e. The van der Waals surface area contributed by atoms with Crippen LogP contribution in [-0.4, -0.2) is 28.8 Å². The summed E-state index contributed by atoms with van der Waals surface area (Å²) in [5, 5.41) is 2.83. The van der Waals surface area contributed by atoms with Crippen LogP contribution in [0.2, 0.25) is 0 Å². The van der Waals surface area contributed by atoms with Crippen molar-refractivity contribution in [2.75, 3.05) is 6.61 Å². The van der Waals surface area contributed by atoms with Gasteiger partial charge in [-0.1, -0.05) is 22.9 Å². The zero-order chi connectivity index (χ0) is 16.7. The van der Waals surface area contributed by atoms with Gasteiger partial charge < -0.3 is 10.1 Å². The number of hydrogen-bond acceptors (Lipinski definition) is 3. The maximum absolute atomic E-state index is 12.3. The lowest BCUT2D eigenvalue weighted by molar-refractivity contribution is -0.154. The van der Waals surface area contributed by atoms with E-state index in [1.165, 1.54) is 19.3 Å². The van der Waals surface area contributed by atoms with E-state index in [-0.39, 0.29) is 34.3 Å². The van der Waals surface area contributed by atoms with Crippen molar-refractivity contribution < 1.29 is 14.3 Å². The van der Waals surface area contributed by atoms with E-state index in [9.17, 15) is 9.59 Å². The van der Waals surface area contributed by atoms with Gasteiger partial charge in [0.1, 0.15) is 0 Å². The van der Waals surface area contributed by atoms with Crippen molar-refractivity contribution in [3.63, 3.8) is 0 Å². The summed E-state index contributed by atoms with van der Waals surface area (Å²) in [6.45, 7) is 3.82. The number of halogens is 1. The van der Waals surface area contributed by atoms with Gasteiger partial charge in [0.15, 0.2) is 6.61 Å². The summed E-state index contributed by atoms with van der Waals surface area (Å²) in [7, 11) is 0. The van der Waals surface area contributed by atoms with Crippen LogP contribution >= 0.6 is 15.9 Å². The molecule has 3 atom stereocenters. The summed E-state index contributed by atoms with van der Waals surface area (Å²) in [6, 6.07) is 0.123. The molecule has 4 fully saturated rings. The third-order valence-corrected chi connectivity index (χ3v) is 6.94. The molecule has 0 aromatic heterocycles. The van der Waals surface area contributed by atoms with Crippen molar-refractivity contribution in [2.24, 2.45) is 17.3 Å². The Kier molecular flexibility index (Phi) is 4.78. The fourth-order valence-corrected chi connectivity index (χ4v) is 6.98. The van der Waals surface area contributed by atoms with Gasteiger partial charge in [-0.25, -0.2) is 0 Å². The molecule has 4 aliphatic carbocycles. The third kappa shape index (κ3) is 3.92. The Balaban J connectivity index is 1.51. The lowest BCUT2D eigenvalue weighted by Gasteiger charge is -2.60. The minimum absolute atomic E-state index is 0.109. The highest BCUT2D eigenvalue weighted by atomic mass is 79.9. The molecule has 4 aliphatic rings. The first-order chi connectivity index (χ1) is 10.8. The molecule has 0 saturated heterocycles. The molecule has 23 heavy (non-hydrogen) atoms. The lowest BCUT2D eigenvalue weighted by atomic mass is 9.49. The van der Waals surface area contributed by atoms with E-state index < -0.39 is 0 Å². The Morgan fingerprint density at radius 3 is 2.48 bits per heavy atom. The van der Waals surface area contributed by atoms with Crippen LogP contribution in [0, 0.1) is 17.3 Å². The van der Waals surface area contributed by atoms with E-state index in [2.05, 4.69) is 21.2 Å². The molecule has 0 aliphatic heterocycles. The molecule has 4 nitrogen and oxygen atoms in total. The van der Waals surface area contributed by atoms with Crippen LogP contribution in [0.1, 0.15) is 65.2 Å². The van der Waals surface area contributed by atoms with Crippen molar-refractivity contribution in [1.82, 2.24) is 5.32 Å². The first-order valence-corrected chi connectivity index (χ1v) is 9.75. The van der Waals surface area contributed by atoms with Crippen LogP contribution < -0.4 is 5.32 Å². The summed E-state index contributed by atoms with van der Waals surface area (Å²) in [4.78, 5) is 24.0. The van der Waals surface area contributed by atoms with Crippen LogP contribution in [0.15, 0.2) is 0 Å². The predicted octanol–water partition coefficient (Wildman–Crippen LogP) is 3.57. The van der Waals surface area contributed by atoms with Crippen molar-refractivity contribution in [3.8, 4) is 0 Å². The average Bonchev–Trinajstić information content (AvgIpc) is 2.41. The topological polar surface area (TPSA) is 55.4 Å². The second kappa shape index (κ2) is 6.38. The number of carbonyl (C=O) groups is 2. The molecule has 0 aromatic rings. The molecule has 1 amide bonds. The second-order valence-corrected chi connectivity index (χ2v) is 10.0. The van der Waals surface area contributed by atoms with Gasteiger partial charge in [-0.3, -0.25) is 9.59 Å². The summed E-state index contributed by atoms with van der Waals surface area (Å²) in [5.41, 5.74) is 0.109. The molecule has 4 rings (SSSR count). The minimum Gasteiger partial charge on any atom is -0.456 e. The normalized spacial score (nSPS) is 39.1. The SMILES string of the molecule is CC[C@@H](C)NC(=O)COC(=O)CC12C[C@@H]3C[C@H](CC(Br)(C3)C1)C2. The standard InChI is InChI=1S/C18H28BrNO3/c1-3-12(2)20-15(21)10-23-16(22)9-17-5-13-4-14(6-17)8-18(19,7-13)11-17/h12-14H,3-11H2,1-2H3,(H,20,21)/t12-,13+,14+,17?,18?/m1/s1. The zero-order valence-electron chi connectivity index (χ0n) is 14.2. The molecule has 5 heteroatoms. The lowest BCUT2D eigenvalue weighted by Crippen LogP contribution is -2.53. The van der Waals surface area contributed by atoms with Gasteiger partial charge in [0.05, 0.1) is 6.42 Å². The predicted molar refractivity (Wildman–Crippen MR) is 92.2 cm³/mol. The summed E-state index contributed by atoms with van der Waals surface area (Å²) in [6.07, 6.45) is 8.61. The van der Waals surface area contributed by atoms with E-state index in [1.807, 2.05) is 13.8 Å². The second-order valence-electron chi connectivity index (χ2n) is 8.33. The quantitative estimate of drug-likeness (QED) is 0.561. The van der Waals surface area contributed by atoms with Gasteiger partial charge in [-0.2, -0.15) is 0 Å². The number of hydrogen-bond donors (Lipinski definition) is 1. The first kappa shape index (κ1) is 17.2. The monoisotopic (exact) mass is 385 g/mol. The fraction of sp³-hybridized carbons (Fsp3) is 0.889. The van der Waals surface area contributed by atoms with Crippen LogP contribution in [0.3, 0.4) is 0 Å². The van der Waals surface area contributed by atoms with E-state index in [1.54, 1.807) is 0 Å². The third-order valence-electron chi connectivity index (χ3n) is 6.01. The van der Waals surface area contributed by atoms with Crippen LogP contribution in [0.4, 0.5) is 0 Å². The van der Waals surface area contributed by atoms with Gasteiger partial charge in [-0.05, 0) is 69.1 Å².